The standard InChI is InChI=1S/C20H15ClN2O4S2/c1-2-27-20(24)17-15(12-7-9-13(21)10-8-12)11-28-19(17)22-18-14-5-3-4-6-16(14)29(25,26)23-18/h3-11H,2H2,1H3,(H,22,23). The minimum atomic E-state index is -3.77. The van der Waals surface area contributed by atoms with Gasteiger partial charge in [0.25, 0.3) is 10.0 Å². The van der Waals surface area contributed by atoms with Crippen LogP contribution in [0.15, 0.2) is 63.2 Å². The van der Waals surface area contributed by atoms with Crippen molar-refractivity contribution in [3.63, 3.8) is 0 Å². The Morgan fingerprint density at radius 3 is 2.59 bits per heavy atom. The number of fused-ring (bicyclic) bond motifs is 1. The van der Waals surface area contributed by atoms with Gasteiger partial charge in [-0.05, 0) is 36.8 Å². The summed E-state index contributed by atoms with van der Waals surface area (Å²) in [6, 6.07) is 13.6. The third-order valence-corrected chi connectivity index (χ3v) is 6.77. The first-order chi connectivity index (χ1) is 13.9. The number of halogens is 1. The summed E-state index contributed by atoms with van der Waals surface area (Å²) in [6.45, 7) is 1.94. The fraction of sp³-hybridized carbons (Fsp3) is 0.100. The topological polar surface area (TPSA) is 84.8 Å². The lowest BCUT2D eigenvalue weighted by molar-refractivity contribution is 0.0529. The average Bonchev–Trinajstić information content (AvgIpc) is 3.22. The van der Waals surface area contributed by atoms with Crippen LogP contribution in [0.25, 0.3) is 11.1 Å². The molecule has 2 heterocycles. The van der Waals surface area contributed by atoms with Gasteiger partial charge in [0, 0.05) is 21.5 Å². The number of nitrogens with zero attached hydrogens (tertiary/aromatic N) is 1. The van der Waals surface area contributed by atoms with Gasteiger partial charge in [-0.3, -0.25) is 0 Å². The molecule has 0 fully saturated rings. The van der Waals surface area contributed by atoms with Crippen LogP contribution in [0.1, 0.15) is 22.8 Å². The highest BCUT2D eigenvalue weighted by Gasteiger charge is 2.30. The van der Waals surface area contributed by atoms with Crippen molar-refractivity contribution >= 4 is 49.8 Å². The summed E-state index contributed by atoms with van der Waals surface area (Å²) < 4.78 is 33.7. The van der Waals surface area contributed by atoms with E-state index in [1.807, 2.05) is 17.5 Å². The van der Waals surface area contributed by atoms with E-state index >= 15 is 0 Å². The molecule has 3 aromatic rings. The summed E-state index contributed by atoms with van der Waals surface area (Å²) >= 11 is 7.24. The molecule has 29 heavy (non-hydrogen) atoms. The molecule has 0 aliphatic carbocycles. The number of rotatable bonds is 4. The molecule has 9 heteroatoms. The van der Waals surface area contributed by atoms with Crippen LogP contribution in [0.4, 0.5) is 5.00 Å². The molecule has 0 unspecified atom stereocenters. The van der Waals surface area contributed by atoms with Gasteiger partial charge >= 0.3 is 5.97 Å². The lowest BCUT2D eigenvalue weighted by atomic mass is 10.0. The maximum absolute atomic E-state index is 12.7. The van der Waals surface area contributed by atoms with E-state index in [2.05, 4.69) is 9.71 Å². The summed E-state index contributed by atoms with van der Waals surface area (Å²) in [4.78, 5) is 12.8. The molecular weight excluding hydrogens is 432 g/mol. The number of carbonyl (C=O) groups excluding carboxylic acids is 1. The zero-order valence-electron chi connectivity index (χ0n) is 15.2. The van der Waals surface area contributed by atoms with Gasteiger partial charge < -0.3 is 10.1 Å². The second-order valence-electron chi connectivity index (χ2n) is 6.12. The molecule has 0 saturated carbocycles. The highest BCUT2D eigenvalue weighted by molar-refractivity contribution is 7.90. The molecule has 0 amide bonds. The molecule has 4 rings (SSSR count). The van der Waals surface area contributed by atoms with Crippen molar-refractivity contribution in [2.24, 2.45) is 4.40 Å². The van der Waals surface area contributed by atoms with Crippen LogP contribution < -0.4 is 5.32 Å². The number of thiophene rings is 1. The molecule has 1 aliphatic rings. The van der Waals surface area contributed by atoms with E-state index in [-0.39, 0.29) is 17.3 Å². The molecule has 0 atom stereocenters. The van der Waals surface area contributed by atoms with E-state index < -0.39 is 16.0 Å². The predicted octanol–water partition coefficient (Wildman–Crippen LogP) is 4.81. The lowest BCUT2D eigenvalue weighted by Crippen LogP contribution is -2.14. The molecule has 0 radical (unpaired) electrons. The van der Waals surface area contributed by atoms with E-state index in [1.165, 1.54) is 17.4 Å². The number of ether oxygens (including phenoxy) is 1. The van der Waals surface area contributed by atoms with Crippen LogP contribution in [-0.4, -0.2) is 26.8 Å². The number of carbonyl (C=O) groups is 1. The number of anilines is 1. The zero-order chi connectivity index (χ0) is 20.6. The van der Waals surface area contributed by atoms with Crippen molar-refractivity contribution in [1.82, 2.24) is 0 Å². The van der Waals surface area contributed by atoms with E-state index in [9.17, 15) is 13.2 Å². The maximum Gasteiger partial charge on any atom is 0.341 e. The SMILES string of the molecule is CCOC(=O)c1c(-c2ccc(Cl)cc2)csc1NC1=NS(=O)(=O)c2ccccc21. The smallest absolute Gasteiger partial charge is 0.341 e. The van der Waals surface area contributed by atoms with E-state index in [4.69, 9.17) is 16.3 Å². The number of hydrogen-bond acceptors (Lipinski definition) is 6. The molecule has 1 aliphatic heterocycles. The van der Waals surface area contributed by atoms with Crippen molar-refractivity contribution in [2.45, 2.75) is 11.8 Å². The van der Waals surface area contributed by atoms with Crippen LogP contribution in [0.3, 0.4) is 0 Å². The van der Waals surface area contributed by atoms with Crippen molar-refractivity contribution in [3.05, 3.63) is 70.1 Å². The van der Waals surface area contributed by atoms with Crippen LogP contribution in [-0.2, 0) is 14.8 Å². The van der Waals surface area contributed by atoms with Gasteiger partial charge in [-0.15, -0.1) is 15.7 Å². The fourth-order valence-electron chi connectivity index (χ4n) is 3.00. The lowest BCUT2D eigenvalue weighted by Gasteiger charge is -2.09. The highest BCUT2D eigenvalue weighted by atomic mass is 35.5. The first-order valence-electron chi connectivity index (χ1n) is 8.66. The number of sulfonamides is 1. The normalized spacial score (nSPS) is 14.2. The van der Waals surface area contributed by atoms with Crippen molar-refractivity contribution < 1.29 is 17.9 Å². The molecule has 0 bridgehead atoms. The van der Waals surface area contributed by atoms with Gasteiger partial charge in [0.05, 0.1) is 6.61 Å². The van der Waals surface area contributed by atoms with Crippen LogP contribution in [0, 0.1) is 0 Å². The highest BCUT2D eigenvalue weighted by Crippen LogP contribution is 2.38. The number of nitrogens with one attached hydrogen (secondary N) is 1. The monoisotopic (exact) mass is 446 g/mol. The van der Waals surface area contributed by atoms with E-state index in [1.54, 1.807) is 37.3 Å². The minimum Gasteiger partial charge on any atom is -0.462 e. The Bertz CT molecular complexity index is 1230. The van der Waals surface area contributed by atoms with Crippen molar-refractivity contribution in [1.29, 1.82) is 0 Å². The van der Waals surface area contributed by atoms with E-state index in [0.29, 0.717) is 26.7 Å². The quantitative estimate of drug-likeness (QED) is 0.581. The third kappa shape index (κ3) is 3.66. The van der Waals surface area contributed by atoms with Crippen LogP contribution >= 0.6 is 22.9 Å². The Labute approximate surface area is 176 Å². The van der Waals surface area contributed by atoms with Gasteiger partial charge in [-0.2, -0.15) is 8.42 Å². The molecule has 6 nitrogen and oxygen atoms in total. The summed E-state index contributed by atoms with van der Waals surface area (Å²) in [5.41, 5.74) is 2.25. The Kier molecular flexibility index (Phi) is 5.16. The Balaban J connectivity index is 1.79. The maximum atomic E-state index is 12.7. The summed E-state index contributed by atoms with van der Waals surface area (Å²) in [5.74, 6) is -0.327. The zero-order valence-corrected chi connectivity index (χ0v) is 17.6. The molecule has 0 saturated heterocycles. The fourth-order valence-corrected chi connectivity index (χ4v) is 5.26. The molecule has 0 spiro atoms. The van der Waals surface area contributed by atoms with Gasteiger partial charge in [-0.1, -0.05) is 35.9 Å². The second kappa shape index (κ2) is 7.62. The number of esters is 1. The Morgan fingerprint density at radius 2 is 1.86 bits per heavy atom. The average molecular weight is 447 g/mol. The number of hydrogen-bond donors (Lipinski definition) is 1. The van der Waals surface area contributed by atoms with E-state index in [0.717, 1.165) is 5.56 Å². The molecule has 1 N–H and O–H groups in total. The van der Waals surface area contributed by atoms with Crippen LogP contribution in [0.2, 0.25) is 5.02 Å². The molecule has 148 valence electrons. The molecular formula is C20H15ClN2O4S2. The van der Waals surface area contributed by atoms with Crippen LogP contribution in [0.5, 0.6) is 0 Å². The summed E-state index contributed by atoms with van der Waals surface area (Å²) in [5, 5.41) is 5.88. The predicted molar refractivity (Wildman–Crippen MR) is 115 cm³/mol. The molecule has 2 aromatic carbocycles. The first-order valence-corrected chi connectivity index (χ1v) is 11.4. The first kappa shape index (κ1) is 19.6. The summed E-state index contributed by atoms with van der Waals surface area (Å²) in [7, 11) is -3.77. The summed E-state index contributed by atoms with van der Waals surface area (Å²) in [6.07, 6.45) is 0. The Hall–Kier alpha value is -2.68. The van der Waals surface area contributed by atoms with Crippen molar-refractivity contribution in [2.75, 3.05) is 11.9 Å². The minimum absolute atomic E-state index is 0.134. The van der Waals surface area contributed by atoms with Gasteiger partial charge in [0.15, 0.2) is 5.84 Å². The van der Waals surface area contributed by atoms with Crippen molar-refractivity contribution in [3.8, 4) is 11.1 Å². The Morgan fingerprint density at radius 1 is 1.14 bits per heavy atom. The second-order valence-corrected chi connectivity index (χ2v) is 9.01. The van der Waals surface area contributed by atoms with Gasteiger partial charge in [-0.25, -0.2) is 4.79 Å². The largest absolute Gasteiger partial charge is 0.462 e. The number of benzene rings is 2. The van der Waals surface area contributed by atoms with Gasteiger partial charge in [0.1, 0.15) is 15.5 Å². The van der Waals surface area contributed by atoms with Gasteiger partial charge in [0.2, 0.25) is 0 Å². The third-order valence-electron chi connectivity index (χ3n) is 4.29. The number of amidine groups is 1. The molecule has 1 aromatic heterocycles.